The predicted octanol–water partition coefficient (Wildman–Crippen LogP) is 1.01. The maximum absolute atomic E-state index is 10.8. The van der Waals surface area contributed by atoms with E-state index in [1.165, 1.54) is 6.42 Å². The van der Waals surface area contributed by atoms with Gasteiger partial charge >= 0.3 is 5.97 Å². The van der Waals surface area contributed by atoms with Gasteiger partial charge in [-0.3, -0.25) is 4.79 Å². The second-order valence-electron chi connectivity index (χ2n) is 4.10. The number of hydrogen-bond donors (Lipinski definition) is 2. The summed E-state index contributed by atoms with van der Waals surface area (Å²) in [5.74, 6) is -0.835. The molecule has 0 aromatic rings. The van der Waals surface area contributed by atoms with Crippen molar-refractivity contribution in [1.82, 2.24) is 5.32 Å². The lowest BCUT2D eigenvalue weighted by atomic mass is 9.96. The highest BCUT2D eigenvalue weighted by Crippen LogP contribution is 2.21. The van der Waals surface area contributed by atoms with E-state index in [0.717, 1.165) is 12.8 Å². The Bertz CT molecular complexity index is 190. The quantitative estimate of drug-likeness (QED) is 0.673. The van der Waals surface area contributed by atoms with E-state index in [0.29, 0.717) is 6.10 Å². The van der Waals surface area contributed by atoms with Gasteiger partial charge in [0.2, 0.25) is 0 Å². The first-order chi connectivity index (χ1) is 6.59. The van der Waals surface area contributed by atoms with Crippen LogP contribution in [0.3, 0.4) is 0 Å². The van der Waals surface area contributed by atoms with Crippen molar-refractivity contribution >= 4 is 5.97 Å². The molecule has 0 saturated heterocycles. The predicted molar refractivity (Wildman–Crippen MR) is 53.3 cm³/mol. The van der Waals surface area contributed by atoms with E-state index in [1.807, 2.05) is 13.8 Å². The standard InChI is InChI=1S/C10H19NO3/c1-7(2)11-9(10(12)13)6-14-8-4-3-5-8/h7-9,11H,3-6H2,1-2H3,(H,12,13). The van der Waals surface area contributed by atoms with E-state index in [1.54, 1.807) is 0 Å². The second-order valence-corrected chi connectivity index (χ2v) is 4.10. The van der Waals surface area contributed by atoms with Crippen molar-refractivity contribution in [3.63, 3.8) is 0 Å². The van der Waals surface area contributed by atoms with Crippen LogP contribution >= 0.6 is 0 Å². The summed E-state index contributed by atoms with van der Waals surface area (Å²) in [5, 5.41) is 11.8. The molecule has 1 aliphatic rings. The van der Waals surface area contributed by atoms with Gasteiger partial charge in [-0.2, -0.15) is 0 Å². The normalized spacial score (nSPS) is 19.4. The highest BCUT2D eigenvalue weighted by molar-refractivity contribution is 5.73. The van der Waals surface area contributed by atoms with Gasteiger partial charge in [0.1, 0.15) is 6.04 Å². The van der Waals surface area contributed by atoms with Crippen molar-refractivity contribution in [2.45, 2.75) is 51.3 Å². The van der Waals surface area contributed by atoms with Crippen LogP contribution in [0.25, 0.3) is 0 Å². The van der Waals surface area contributed by atoms with Gasteiger partial charge in [0.05, 0.1) is 12.7 Å². The van der Waals surface area contributed by atoms with Crippen LogP contribution in [0.1, 0.15) is 33.1 Å². The molecule has 82 valence electrons. The van der Waals surface area contributed by atoms with Crippen LogP contribution in [0.5, 0.6) is 0 Å². The van der Waals surface area contributed by atoms with Gasteiger partial charge in [0.25, 0.3) is 0 Å². The topological polar surface area (TPSA) is 58.6 Å². The van der Waals surface area contributed by atoms with Crippen LogP contribution in [-0.4, -0.2) is 35.9 Å². The summed E-state index contributed by atoms with van der Waals surface area (Å²) < 4.78 is 5.46. The molecule has 0 heterocycles. The minimum absolute atomic E-state index is 0.168. The first-order valence-corrected chi connectivity index (χ1v) is 5.20. The number of carboxylic acid groups (broad SMARTS) is 1. The van der Waals surface area contributed by atoms with Crippen LogP contribution in [0.2, 0.25) is 0 Å². The van der Waals surface area contributed by atoms with Crippen molar-refractivity contribution in [1.29, 1.82) is 0 Å². The second kappa shape index (κ2) is 5.32. The van der Waals surface area contributed by atoms with Crippen LogP contribution in [0.4, 0.5) is 0 Å². The van der Waals surface area contributed by atoms with Gasteiger partial charge in [-0.25, -0.2) is 0 Å². The Morgan fingerprint density at radius 2 is 2.21 bits per heavy atom. The van der Waals surface area contributed by atoms with E-state index in [-0.39, 0.29) is 12.6 Å². The van der Waals surface area contributed by atoms with E-state index < -0.39 is 12.0 Å². The fourth-order valence-electron chi connectivity index (χ4n) is 1.36. The zero-order valence-corrected chi connectivity index (χ0v) is 8.82. The molecule has 1 rings (SSSR count). The molecule has 1 atom stereocenters. The summed E-state index contributed by atoms with van der Waals surface area (Å²) in [6.45, 7) is 4.14. The fourth-order valence-corrected chi connectivity index (χ4v) is 1.36. The molecule has 14 heavy (non-hydrogen) atoms. The van der Waals surface area contributed by atoms with Gasteiger partial charge < -0.3 is 15.2 Å². The van der Waals surface area contributed by atoms with Crippen molar-refractivity contribution in [3.05, 3.63) is 0 Å². The Morgan fingerprint density at radius 1 is 1.57 bits per heavy atom. The van der Waals surface area contributed by atoms with Crippen LogP contribution in [0, 0.1) is 0 Å². The molecule has 0 bridgehead atoms. The molecular formula is C10H19NO3. The fraction of sp³-hybridized carbons (Fsp3) is 0.900. The third-order valence-electron chi connectivity index (χ3n) is 2.38. The molecule has 1 saturated carbocycles. The SMILES string of the molecule is CC(C)NC(COC1CCC1)C(=O)O. The number of ether oxygens (including phenoxy) is 1. The molecule has 0 aromatic heterocycles. The average Bonchev–Trinajstić information content (AvgIpc) is 1.98. The zero-order valence-electron chi connectivity index (χ0n) is 8.82. The lowest BCUT2D eigenvalue weighted by Gasteiger charge is -2.27. The van der Waals surface area contributed by atoms with Crippen LogP contribution < -0.4 is 5.32 Å². The molecule has 1 fully saturated rings. The lowest BCUT2D eigenvalue weighted by molar-refractivity contribution is -0.142. The van der Waals surface area contributed by atoms with Gasteiger partial charge in [0.15, 0.2) is 0 Å². The van der Waals surface area contributed by atoms with Gasteiger partial charge in [-0.15, -0.1) is 0 Å². The third-order valence-corrected chi connectivity index (χ3v) is 2.38. The molecule has 4 heteroatoms. The van der Waals surface area contributed by atoms with Crippen molar-refractivity contribution in [2.24, 2.45) is 0 Å². The number of rotatable bonds is 6. The first kappa shape index (κ1) is 11.5. The van der Waals surface area contributed by atoms with Gasteiger partial charge in [-0.05, 0) is 19.3 Å². The average molecular weight is 201 g/mol. The van der Waals surface area contributed by atoms with Crippen molar-refractivity contribution in [2.75, 3.05) is 6.61 Å². The van der Waals surface area contributed by atoms with E-state index in [9.17, 15) is 4.79 Å². The smallest absolute Gasteiger partial charge is 0.323 e. The Morgan fingerprint density at radius 3 is 2.57 bits per heavy atom. The summed E-state index contributed by atoms with van der Waals surface area (Å²) in [6, 6.07) is -0.406. The largest absolute Gasteiger partial charge is 0.480 e. The van der Waals surface area contributed by atoms with Crippen molar-refractivity contribution < 1.29 is 14.6 Å². The monoisotopic (exact) mass is 201 g/mol. The first-order valence-electron chi connectivity index (χ1n) is 5.20. The highest BCUT2D eigenvalue weighted by Gasteiger charge is 2.23. The Balaban J connectivity index is 2.23. The summed E-state index contributed by atoms with van der Waals surface area (Å²) in [4.78, 5) is 10.8. The molecule has 4 nitrogen and oxygen atoms in total. The third kappa shape index (κ3) is 3.64. The molecule has 1 unspecified atom stereocenters. The number of aliphatic carboxylic acids is 1. The number of nitrogens with one attached hydrogen (secondary N) is 1. The van der Waals surface area contributed by atoms with Gasteiger partial charge in [-0.1, -0.05) is 13.8 Å². The van der Waals surface area contributed by atoms with Crippen LogP contribution in [-0.2, 0) is 9.53 Å². The summed E-state index contributed by atoms with van der Waals surface area (Å²) in [6.07, 6.45) is 3.66. The zero-order chi connectivity index (χ0) is 10.6. The number of carbonyl (C=O) groups is 1. The summed E-state index contributed by atoms with van der Waals surface area (Å²) in [7, 11) is 0. The minimum atomic E-state index is -0.835. The number of hydrogen-bond acceptors (Lipinski definition) is 3. The van der Waals surface area contributed by atoms with Crippen LogP contribution in [0.15, 0.2) is 0 Å². The minimum Gasteiger partial charge on any atom is -0.480 e. The van der Waals surface area contributed by atoms with Crippen molar-refractivity contribution in [3.8, 4) is 0 Å². The highest BCUT2D eigenvalue weighted by atomic mass is 16.5. The molecule has 0 spiro atoms. The van der Waals surface area contributed by atoms with E-state index >= 15 is 0 Å². The Kier molecular flexibility index (Phi) is 4.35. The van der Waals surface area contributed by atoms with E-state index in [4.69, 9.17) is 9.84 Å². The molecule has 0 aliphatic heterocycles. The summed E-state index contributed by atoms with van der Waals surface area (Å²) in [5.41, 5.74) is 0. The Hall–Kier alpha value is -0.610. The maximum Gasteiger partial charge on any atom is 0.323 e. The van der Waals surface area contributed by atoms with E-state index in [2.05, 4.69) is 5.32 Å². The molecule has 2 N–H and O–H groups in total. The molecule has 0 radical (unpaired) electrons. The molecule has 1 aliphatic carbocycles. The Labute approximate surface area is 84.6 Å². The molecular weight excluding hydrogens is 182 g/mol. The van der Waals surface area contributed by atoms with Gasteiger partial charge in [0, 0.05) is 6.04 Å². The molecule has 0 amide bonds. The lowest BCUT2D eigenvalue weighted by Crippen LogP contribution is -2.45. The maximum atomic E-state index is 10.8. The number of carboxylic acids is 1. The summed E-state index contributed by atoms with van der Waals surface area (Å²) >= 11 is 0. The molecule has 0 aromatic carbocycles.